The first kappa shape index (κ1) is 10.3. The van der Waals surface area contributed by atoms with Gasteiger partial charge in [-0.3, -0.25) is 14.5 Å². The monoisotopic (exact) mass is 227 g/mol. The Morgan fingerprint density at radius 3 is 2.47 bits per heavy atom. The molecule has 2 aliphatic rings. The van der Waals surface area contributed by atoms with Crippen LogP contribution >= 0.6 is 0 Å². The van der Waals surface area contributed by atoms with Crippen LogP contribution in [0.5, 0.6) is 0 Å². The minimum atomic E-state index is -0.434. The molecular formula is C14H13NO2. The van der Waals surface area contributed by atoms with Crippen molar-refractivity contribution in [2.75, 3.05) is 4.90 Å². The summed E-state index contributed by atoms with van der Waals surface area (Å²) in [4.78, 5) is 25.6. The van der Waals surface area contributed by atoms with Crippen molar-refractivity contribution >= 4 is 23.0 Å². The third-order valence-electron chi connectivity index (χ3n) is 3.47. The van der Waals surface area contributed by atoms with Gasteiger partial charge in [0.25, 0.3) is 11.7 Å². The van der Waals surface area contributed by atoms with Gasteiger partial charge in [-0.2, -0.15) is 0 Å². The van der Waals surface area contributed by atoms with Gasteiger partial charge >= 0.3 is 0 Å². The molecule has 2 heterocycles. The second kappa shape index (κ2) is 2.86. The molecule has 2 aliphatic heterocycles. The predicted octanol–water partition coefficient (Wildman–Crippen LogP) is 2.41. The van der Waals surface area contributed by atoms with Crippen LogP contribution in [-0.2, 0) is 4.79 Å². The third-order valence-corrected chi connectivity index (χ3v) is 3.47. The molecule has 0 unspecified atom stereocenters. The number of anilines is 1. The average Bonchev–Trinajstić information content (AvgIpc) is 2.50. The lowest BCUT2D eigenvalue weighted by Gasteiger charge is -2.38. The minimum Gasteiger partial charge on any atom is -0.295 e. The summed E-state index contributed by atoms with van der Waals surface area (Å²) in [6, 6.07) is 5.52. The van der Waals surface area contributed by atoms with Crippen molar-refractivity contribution in [3.63, 3.8) is 0 Å². The van der Waals surface area contributed by atoms with Crippen LogP contribution in [-0.4, -0.2) is 17.2 Å². The second-order valence-corrected chi connectivity index (χ2v) is 5.15. The highest BCUT2D eigenvalue weighted by molar-refractivity contribution is 6.53. The van der Waals surface area contributed by atoms with Crippen LogP contribution in [0.4, 0.5) is 5.69 Å². The van der Waals surface area contributed by atoms with Crippen molar-refractivity contribution < 1.29 is 9.59 Å². The van der Waals surface area contributed by atoms with Gasteiger partial charge in [0.2, 0.25) is 0 Å². The Morgan fingerprint density at radius 2 is 1.76 bits per heavy atom. The first-order valence-corrected chi connectivity index (χ1v) is 5.65. The van der Waals surface area contributed by atoms with Crippen LogP contribution in [0, 0.1) is 0 Å². The maximum Gasteiger partial charge on any atom is 0.300 e. The maximum absolute atomic E-state index is 12.0. The van der Waals surface area contributed by atoms with E-state index in [1.54, 1.807) is 11.0 Å². The molecule has 0 fully saturated rings. The Bertz CT molecular complexity index is 596. The van der Waals surface area contributed by atoms with E-state index in [2.05, 4.69) is 0 Å². The summed E-state index contributed by atoms with van der Waals surface area (Å²) >= 11 is 0. The number of carbonyl (C=O) groups excluding carboxylic acids is 2. The van der Waals surface area contributed by atoms with Crippen LogP contribution < -0.4 is 4.90 Å². The zero-order chi connectivity index (χ0) is 12.4. The van der Waals surface area contributed by atoms with Crippen molar-refractivity contribution in [2.24, 2.45) is 0 Å². The Hall–Kier alpha value is -1.90. The number of nitrogens with zero attached hydrogens (tertiary/aromatic N) is 1. The molecule has 0 spiro atoms. The SMILES string of the molecule is CC1=CC(C)(C)N2C(=O)C(=O)c3cccc1c32. The number of hydrogen-bond acceptors (Lipinski definition) is 2. The predicted molar refractivity (Wildman–Crippen MR) is 66.0 cm³/mol. The third kappa shape index (κ3) is 1.11. The summed E-state index contributed by atoms with van der Waals surface area (Å²) in [5, 5.41) is 0. The van der Waals surface area contributed by atoms with Crippen molar-refractivity contribution in [2.45, 2.75) is 26.3 Å². The molecule has 17 heavy (non-hydrogen) atoms. The van der Waals surface area contributed by atoms with Gasteiger partial charge in [-0.1, -0.05) is 18.2 Å². The van der Waals surface area contributed by atoms with Gasteiger partial charge in [0.05, 0.1) is 16.8 Å². The normalized spacial score (nSPS) is 20.4. The highest BCUT2D eigenvalue weighted by Crippen LogP contribution is 2.44. The van der Waals surface area contributed by atoms with E-state index in [0.717, 1.165) is 16.8 Å². The molecule has 0 saturated carbocycles. The summed E-state index contributed by atoms with van der Waals surface area (Å²) in [5.41, 5.74) is 2.99. The lowest BCUT2D eigenvalue weighted by atomic mass is 9.89. The fraction of sp³-hybridized carbons (Fsp3) is 0.286. The standard InChI is InChI=1S/C14H13NO2/c1-8-7-14(2,3)15-11-9(8)5-4-6-10(11)12(16)13(15)17/h4-7H,1-3H3. The first-order chi connectivity index (χ1) is 7.93. The van der Waals surface area contributed by atoms with Crippen molar-refractivity contribution in [1.82, 2.24) is 0 Å². The summed E-state index contributed by atoms with van der Waals surface area (Å²) in [5.74, 6) is -0.806. The van der Waals surface area contributed by atoms with Gasteiger partial charge in [0.15, 0.2) is 0 Å². The molecule has 86 valence electrons. The largest absolute Gasteiger partial charge is 0.300 e. The molecule has 0 bridgehead atoms. The number of hydrogen-bond donors (Lipinski definition) is 0. The Morgan fingerprint density at radius 1 is 1.12 bits per heavy atom. The molecule has 3 rings (SSSR count). The van der Waals surface area contributed by atoms with Crippen molar-refractivity contribution in [3.05, 3.63) is 35.4 Å². The summed E-state index contributed by atoms with van der Waals surface area (Å²) in [6.07, 6.45) is 2.04. The molecule has 0 N–H and O–H groups in total. The van der Waals surface area contributed by atoms with E-state index in [1.807, 2.05) is 39.0 Å². The van der Waals surface area contributed by atoms with Crippen molar-refractivity contribution in [3.8, 4) is 0 Å². The summed E-state index contributed by atoms with van der Waals surface area (Å²) < 4.78 is 0. The lowest BCUT2D eigenvalue weighted by molar-refractivity contribution is -0.115. The van der Waals surface area contributed by atoms with Crippen LogP contribution in [0.15, 0.2) is 24.3 Å². The number of ketones is 1. The Balaban J connectivity index is 2.41. The second-order valence-electron chi connectivity index (χ2n) is 5.15. The van der Waals surface area contributed by atoms with Gasteiger partial charge in [-0.15, -0.1) is 0 Å². The van der Waals surface area contributed by atoms with Crippen LogP contribution in [0.3, 0.4) is 0 Å². The van der Waals surface area contributed by atoms with Crippen LogP contribution in [0.1, 0.15) is 36.7 Å². The summed E-state index contributed by atoms with van der Waals surface area (Å²) in [6.45, 7) is 5.92. The minimum absolute atomic E-state index is 0.391. The average molecular weight is 227 g/mol. The molecule has 1 aromatic rings. The fourth-order valence-corrected chi connectivity index (χ4v) is 2.83. The maximum atomic E-state index is 12.0. The highest BCUT2D eigenvalue weighted by Gasteiger charge is 2.46. The van der Waals surface area contributed by atoms with Gasteiger partial charge in [-0.05, 0) is 32.4 Å². The van der Waals surface area contributed by atoms with E-state index in [4.69, 9.17) is 0 Å². The molecule has 1 amide bonds. The number of Topliss-reactive ketones (excluding diaryl/α,β-unsaturated/α-hetero) is 1. The smallest absolute Gasteiger partial charge is 0.295 e. The number of benzene rings is 1. The number of amides is 1. The van der Waals surface area contributed by atoms with E-state index >= 15 is 0 Å². The van der Waals surface area contributed by atoms with E-state index in [-0.39, 0.29) is 0 Å². The number of rotatable bonds is 0. The molecule has 3 heteroatoms. The zero-order valence-corrected chi connectivity index (χ0v) is 10.1. The Kier molecular flexibility index (Phi) is 1.73. The summed E-state index contributed by atoms with van der Waals surface area (Å²) in [7, 11) is 0. The van der Waals surface area contributed by atoms with E-state index in [9.17, 15) is 9.59 Å². The molecule has 1 aromatic carbocycles. The van der Waals surface area contributed by atoms with Gasteiger partial charge in [0, 0.05) is 5.56 Å². The molecule has 0 aliphatic carbocycles. The lowest BCUT2D eigenvalue weighted by Crippen LogP contribution is -2.47. The van der Waals surface area contributed by atoms with Crippen molar-refractivity contribution in [1.29, 1.82) is 0 Å². The Labute approximate surface area is 99.7 Å². The molecule has 3 nitrogen and oxygen atoms in total. The number of allylic oxidation sites excluding steroid dienone is 1. The van der Waals surface area contributed by atoms with Gasteiger partial charge < -0.3 is 0 Å². The first-order valence-electron chi connectivity index (χ1n) is 5.65. The molecular weight excluding hydrogens is 214 g/mol. The number of para-hydroxylation sites is 1. The van der Waals surface area contributed by atoms with E-state index in [1.165, 1.54) is 0 Å². The molecule has 0 aromatic heterocycles. The van der Waals surface area contributed by atoms with Gasteiger partial charge in [-0.25, -0.2) is 0 Å². The fourth-order valence-electron chi connectivity index (χ4n) is 2.83. The highest BCUT2D eigenvalue weighted by atomic mass is 16.2. The topological polar surface area (TPSA) is 37.4 Å². The van der Waals surface area contributed by atoms with E-state index < -0.39 is 17.2 Å². The van der Waals surface area contributed by atoms with E-state index in [0.29, 0.717) is 5.56 Å². The van der Waals surface area contributed by atoms with Gasteiger partial charge in [0.1, 0.15) is 0 Å². The quantitative estimate of drug-likeness (QED) is 0.638. The zero-order valence-electron chi connectivity index (χ0n) is 10.1. The van der Waals surface area contributed by atoms with Crippen LogP contribution in [0.25, 0.3) is 5.57 Å². The van der Waals surface area contributed by atoms with Crippen LogP contribution in [0.2, 0.25) is 0 Å². The molecule has 0 radical (unpaired) electrons. The molecule has 0 saturated heterocycles. The number of carbonyl (C=O) groups is 2. The molecule has 0 atom stereocenters.